The summed E-state index contributed by atoms with van der Waals surface area (Å²) in [6, 6.07) is 13.5. The Morgan fingerprint density at radius 3 is 1.90 bits per heavy atom. The third-order valence-corrected chi connectivity index (χ3v) is 4.82. The van der Waals surface area contributed by atoms with Gasteiger partial charge in [0.15, 0.2) is 0 Å². The molecule has 0 fully saturated rings. The zero-order chi connectivity index (χ0) is 15.7. The molecule has 0 unspecified atom stereocenters. The largest absolute Gasteiger partial charge is 0.379 e. The standard InChI is InChI=1S/C16H17BrO3S/c1-16(2,3)12-4-8-14(9-5-12)20-21(18,19)15-10-6-13(17)7-11-15/h4-11H,1-3H3. The molecule has 21 heavy (non-hydrogen) atoms. The first kappa shape index (κ1) is 16.0. The van der Waals surface area contributed by atoms with Crippen molar-refractivity contribution in [3.63, 3.8) is 0 Å². The van der Waals surface area contributed by atoms with E-state index in [1.807, 2.05) is 12.1 Å². The molecule has 0 radical (unpaired) electrons. The predicted octanol–water partition coefficient (Wildman–Crippen LogP) is 4.51. The molecule has 0 aliphatic heterocycles. The van der Waals surface area contributed by atoms with Crippen molar-refractivity contribution in [2.24, 2.45) is 0 Å². The number of hydrogen-bond acceptors (Lipinski definition) is 3. The van der Waals surface area contributed by atoms with Gasteiger partial charge < -0.3 is 4.18 Å². The lowest BCUT2D eigenvalue weighted by molar-refractivity contribution is 0.485. The van der Waals surface area contributed by atoms with Crippen molar-refractivity contribution in [3.8, 4) is 5.75 Å². The van der Waals surface area contributed by atoms with Gasteiger partial charge in [-0.05, 0) is 47.4 Å². The normalized spacial score (nSPS) is 12.2. The van der Waals surface area contributed by atoms with Crippen LogP contribution in [0.3, 0.4) is 0 Å². The van der Waals surface area contributed by atoms with E-state index in [4.69, 9.17) is 4.18 Å². The van der Waals surface area contributed by atoms with E-state index in [2.05, 4.69) is 36.7 Å². The summed E-state index contributed by atoms with van der Waals surface area (Å²) < 4.78 is 30.3. The Balaban J connectivity index is 2.23. The van der Waals surface area contributed by atoms with Crippen molar-refractivity contribution < 1.29 is 12.6 Å². The van der Waals surface area contributed by atoms with E-state index >= 15 is 0 Å². The van der Waals surface area contributed by atoms with Crippen LogP contribution in [-0.4, -0.2) is 8.42 Å². The summed E-state index contributed by atoms with van der Waals surface area (Å²) >= 11 is 3.27. The Bertz CT molecular complexity index is 712. The number of hydrogen-bond donors (Lipinski definition) is 0. The second-order valence-corrected chi connectivity index (χ2v) is 8.23. The Morgan fingerprint density at radius 1 is 0.905 bits per heavy atom. The average molecular weight is 369 g/mol. The molecular formula is C16H17BrO3S. The minimum Gasteiger partial charge on any atom is -0.379 e. The van der Waals surface area contributed by atoms with Crippen LogP contribution >= 0.6 is 15.9 Å². The maximum atomic E-state index is 12.2. The molecule has 2 rings (SSSR count). The van der Waals surface area contributed by atoms with E-state index in [9.17, 15) is 8.42 Å². The highest BCUT2D eigenvalue weighted by atomic mass is 79.9. The molecule has 0 amide bonds. The molecule has 0 bridgehead atoms. The van der Waals surface area contributed by atoms with Crippen LogP contribution in [0.25, 0.3) is 0 Å². The van der Waals surface area contributed by atoms with E-state index in [0.29, 0.717) is 5.75 Å². The first-order valence-corrected chi connectivity index (χ1v) is 8.69. The van der Waals surface area contributed by atoms with Gasteiger partial charge >= 0.3 is 10.1 Å². The lowest BCUT2D eigenvalue weighted by Crippen LogP contribution is -2.12. The lowest BCUT2D eigenvalue weighted by Gasteiger charge is -2.19. The fourth-order valence-corrected chi connectivity index (χ4v) is 2.98. The van der Waals surface area contributed by atoms with Gasteiger partial charge in [0, 0.05) is 4.47 Å². The van der Waals surface area contributed by atoms with Gasteiger partial charge in [0.05, 0.1) is 0 Å². The third kappa shape index (κ3) is 4.08. The van der Waals surface area contributed by atoms with Crippen LogP contribution in [0.2, 0.25) is 0 Å². The fourth-order valence-electron chi connectivity index (χ4n) is 1.79. The van der Waals surface area contributed by atoms with Crippen molar-refractivity contribution in [2.45, 2.75) is 31.1 Å². The predicted molar refractivity (Wildman–Crippen MR) is 87.1 cm³/mol. The molecule has 0 N–H and O–H groups in total. The van der Waals surface area contributed by atoms with E-state index < -0.39 is 10.1 Å². The third-order valence-electron chi connectivity index (χ3n) is 3.03. The SMILES string of the molecule is CC(C)(C)c1ccc(OS(=O)(=O)c2ccc(Br)cc2)cc1. The maximum absolute atomic E-state index is 12.2. The lowest BCUT2D eigenvalue weighted by atomic mass is 9.87. The summed E-state index contributed by atoms with van der Waals surface area (Å²) in [6.45, 7) is 6.30. The van der Waals surface area contributed by atoms with E-state index in [1.54, 1.807) is 24.3 Å². The van der Waals surface area contributed by atoms with Crippen LogP contribution in [0.5, 0.6) is 5.75 Å². The van der Waals surface area contributed by atoms with Gasteiger partial charge in [0.1, 0.15) is 10.6 Å². The van der Waals surface area contributed by atoms with E-state index in [0.717, 1.165) is 10.0 Å². The monoisotopic (exact) mass is 368 g/mol. The van der Waals surface area contributed by atoms with Gasteiger partial charge in [-0.25, -0.2) is 0 Å². The van der Waals surface area contributed by atoms with Crippen molar-refractivity contribution in [1.29, 1.82) is 0 Å². The highest BCUT2D eigenvalue weighted by Crippen LogP contribution is 2.26. The van der Waals surface area contributed by atoms with Crippen molar-refractivity contribution in [3.05, 3.63) is 58.6 Å². The fraction of sp³-hybridized carbons (Fsp3) is 0.250. The summed E-state index contributed by atoms with van der Waals surface area (Å²) in [7, 11) is -3.80. The molecular weight excluding hydrogens is 352 g/mol. The molecule has 0 spiro atoms. The zero-order valence-corrected chi connectivity index (χ0v) is 14.5. The quantitative estimate of drug-likeness (QED) is 0.748. The molecule has 0 saturated heterocycles. The summed E-state index contributed by atoms with van der Waals surface area (Å²) in [5, 5.41) is 0. The highest BCUT2D eigenvalue weighted by molar-refractivity contribution is 9.10. The molecule has 5 heteroatoms. The van der Waals surface area contributed by atoms with Crippen molar-refractivity contribution >= 4 is 26.0 Å². The van der Waals surface area contributed by atoms with Crippen molar-refractivity contribution in [2.75, 3.05) is 0 Å². The Kier molecular flexibility index (Phi) is 4.44. The topological polar surface area (TPSA) is 43.4 Å². The number of rotatable bonds is 3. The summed E-state index contributed by atoms with van der Waals surface area (Å²) in [5.74, 6) is 0.311. The highest BCUT2D eigenvalue weighted by Gasteiger charge is 2.18. The molecule has 0 aromatic heterocycles. The van der Waals surface area contributed by atoms with Crippen LogP contribution in [0.4, 0.5) is 0 Å². The number of benzene rings is 2. The number of halogens is 1. The maximum Gasteiger partial charge on any atom is 0.339 e. The first-order valence-electron chi connectivity index (χ1n) is 6.49. The Morgan fingerprint density at radius 2 is 1.43 bits per heavy atom. The van der Waals surface area contributed by atoms with Gasteiger partial charge in [0.2, 0.25) is 0 Å². The zero-order valence-electron chi connectivity index (χ0n) is 12.1. The van der Waals surface area contributed by atoms with Crippen LogP contribution in [0.1, 0.15) is 26.3 Å². The molecule has 2 aromatic rings. The molecule has 0 heterocycles. The summed E-state index contributed by atoms with van der Waals surface area (Å²) in [4.78, 5) is 0.130. The van der Waals surface area contributed by atoms with E-state index in [-0.39, 0.29) is 10.3 Å². The first-order chi connectivity index (χ1) is 9.68. The second-order valence-electron chi connectivity index (χ2n) is 5.77. The minimum atomic E-state index is -3.80. The van der Waals surface area contributed by atoms with Gasteiger partial charge in [-0.15, -0.1) is 0 Å². The Hall–Kier alpha value is -1.33. The van der Waals surface area contributed by atoms with Gasteiger partial charge in [-0.2, -0.15) is 8.42 Å². The second kappa shape index (κ2) is 5.81. The van der Waals surface area contributed by atoms with Crippen LogP contribution in [0.15, 0.2) is 57.9 Å². The molecule has 0 saturated carbocycles. The average Bonchev–Trinajstić information content (AvgIpc) is 2.38. The molecule has 112 valence electrons. The smallest absolute Gasteiger partial charge is 0.339 e. The molecule has 0 aliphatic carbocycles. The van der Waals surface area contributed by atoms with Gasteiger partial charge in [0.25, 0.3) is 0 Å². The van der Waals surface area contributed by atoms with Gasteiger partial charge in [-0.1, -0.05) is 48.8 Å². The van der Waals surface area contributed by atoms with E-state index in [1.165, 1.54) is 12.1 Å². The van der Waals surface area contributed by atoms with Crippen molar-refractivity contribution in [1.82, 2.24) is 0 Å². The molecule has 3 nitrogen and oxygen atoms in total. The van der Waals surface area contributed by atoms with Crippen LogP contribution < -0.4 is 4.18 Å². The van der Waals surface area contributed by atoms with Crippen LogP contribution in [0, 0.1) is 0 Å². The summed E-state index contributed by atoms with van der Waals surface area (Å²) in [6.07, 6.45) is 0. The van der Waals surface area contributed by atoms with Crippen LogP contribution in [-0.2, 0) is 15.5 Å². The Labute approximate surface area is 134 Å². The van der Waals surface area contributed by atoms with Gasteiger partial charge in [-0.3, -0.25) is 0 Å². The molecule has 0 aliphatic rings. The minimum absolute atomic E-state index is 0.0170. The molecule has 2 aromatic carbocycles. The molecule has 0 atom stereocenters. The summed E-state index contributed by atoms with van der Waals surface area (Å²) in [5.41, 5.74) is 1.14.